The van der Waals surface area contributed by atoms with E-state index in [2.05, 4.69) is 44.6 Å². The molecule has 2 heterocycles. The molecular formula is C25H29N5O. The SMILES string of the molecule is Cc1ccc(NC(=O)c2ccc(CN3CCN(C)CC3)cc2)cc1Nc1ccccn1. The van der Waals surface area contributed by atoms with Crippen LogP contribution in [0.1, 0.15) is 21.5 Å². The number of aryl methyl sites for hydroxylation is 1. The van der Waals surface area contributed by atoms with Gasteiger partial charge in [-0.25, -0.2) is 4.98 Å². The maximum Gasteiger partial charge on any atom is 0.255 e. The highest BCUT2D eigenvalue weighted by atomic mass is 16.1. The number of nitrogens with one attached hydrogen (secondary N) is 2. The fourth-order valence-corrected chi connectivity index (χ4v) is 3.64. The number of carbonyl (C=O) groups excluding carboxylic acids is 1. The lowest BCUT2D eigenvalue weighted by atomic mass is 10.1. The Morgan fingerprint density at radius 1 is 1.00 bits per heavy atom. The second-order valence-electron chi connectivity index (χ2n) is 8.10. The molecule has 0 spiro atoms. The van der Waals surface area contributed by atoms with Gasteiger partial charge in [0.1, 0.15) is 5.82 Å². The van der Waals surface area contributed by atoms with Crippen LogP contribution in [0.5, 0.6) is 0 Å². The number of hydrogen-bond donors (Lipinski definition) is 2. The van der Waals surface area contributed by atoms with Crippen molar-refractivity contribution in [3.63, 3.8) is 0 Å². The monoisotopic (exact) mass is 415 g/mol. The van der Waals surface area contributed by atoms with E-state index in [1.807, 2.05) is 55.5 Å². The summed E-state index contributed by atoms with van der Waals surface area (Å²) in [6.07, 6.45) is 1.75. The minimum atomic E-state index is -0.112. The number of rotatable bonds is 6. The summed E-state index contributed by atoms with van der Waals surface area (Å²) in [6.45, 7) is 7.33. The normalized spacial score (nSPS) is 14.9. The Balaban J connectivity index is 1.38. The molecule has 3 aromatic rings. The van der Waals surface area contributed by atoms with E-state index in [9.17, 15) is 4.79 Å². The third kappa shape index (κ3) is 5.69. The van der Waals surface area contributed by atoms with Crippen molar-refractivity contribution in [2.24, 2.45) is 0 Å². The molecule has 2 aromatic carbocycles. The van der Waals surface area contributed by atoms with Gasteiger partial charge in [-0.2, -0.15) is 0 Å². The summed E-state index contributed by atoms with van der Waals surface area (Å²) < 4.78 is 0. The number of likely N-dealkylation sites (N-methyl/N-ethyl adjacent to an activating group) is 1. The molecule has 0 aliphatic carbocycles. The average Bonchev–Trinajstić information content (AvgIpc) is 2.79. The van der Waals surface area contributed by atoms with Crippen LogP contribution in [0.15, 0.2) is 66.9 Å². The average molecular weight is 416 g/mol. The second kappa shape index (κ2) is 9.73. The smallest absolute Gasteiger partial charge is 0.255 e. The molecule has 160 valence electrons. The van der Waals surface area contributed by atoms with Crippen LogP contribution in [0.25, 0.3) is 0 Å². The Kier molecular flexibility index (Phi) is 6.60. The minimum Gasteiger partial charge on any atom is -0.340 e. The van der Waals surface area contributed by atoms with E-state index >= 15 is 0 Å². The highest BCUT2D eigenvalue weighted by Gasteiger charge is 2.14. The molecule has 4 rings (SSSR count). The third-order valence-electron chi connectivity index (χ3n) is 5.64. The molecule has 1 aromatic heterocycles. The zero-order valence-electron chi connectivity index (χ0n) is 18.1. The van der Waals surface area contributed by atoms with Gasteiger partial charge in [0.15, 0.2) is 0 Å². The van der Waals surface area contributed by atoms with Crippen molar-refractivity contribution in [1.82, 2.24) is 14.8 Å². The number of carbonyl (C=O) groups is 1. The number of hydrogen-bond acceptors (Lipinski definition) is 5. The van der Waals surface area contributed by atoms with E-state index in [0.717, 1.165) is 55.5 Å². The van der Waals surface area contributed by atoms with Crippen LogP contribution in [0.4, 0.5) is 17.2 Å². The Labute approximate surface area is 183 Å². The fraction of sp³-hybridized carbons (Fsp3) is 0.280. The standard InChI is InChI=1S/C25H29N5O/c1-19-6-11-22(17-23(19)28-24-5-3-4-12-26-24)27-25(31)21-9-7-20(8-10-21)18-30-15-13-29(2)14-16-30/h3-12,17H,13-16,18H2,1-2H3,(H,26,28)(H,27,31). The van der Waals surface area contributed by atoms with E-state index in [4.69, 9.17) is 0 Å². The topological polar surface area (TPSA) is 60.5 Å². The highest BCUT2D eigenvalue weighted by Crippen LogP contribution is 2.24. The van der Waals surface area contributed by atoms with E-state index in [1.54, 1.807) is 6.20 Å². The van der Waals surface area contributed by atoms with Crippen molar-refractivity contribution in [2.45, 2.75) is 13.5 Å². The number of aromatic nitrogens is 1. The van der Waals surface area contributed by atoms with Gasteiger partial charge < -0.3 is 15.5 Å². The molecule has 0 unspecified atom stereocenters. The van der Waals surface area contributed by atoms with Gasteiger partial charge in [0, 0.05) is 55.9 Å². The van der Waals surface area contributed by atoms with E-state index < -0.39 is 0 Å². The zero-order chi connectivity index (χ0) is 21.6. The van der Waals surface area contributed by atoms with E-state index in [0.29, 0.717) is 5.56 Å². The summed E-state index contributed by atoms with van der Waals surface area (Å²) in [5.41, 5.74) is 4.63. The first-order chi connectivity index (χ1) is 15.1. The van der Waals surface area contributed by atoms with Gasteiger partial charge in [0.2, 0.25) is 0 Å². The molecule has 1 saturated heterocycles. The Hall–Kier alpha value is -3.22. The summed E-state index contributed by atoms with van der Waals surface area (Å²) in [4.78, 5) is 21.9. The van der Waals surface area contributed by atoms with Gasteiger partial charge in [0.25, 0.3) is 5.91 Å². The Bertz CT molecular complexity index is 1010. The lowest BCUT2D eigenvalue weighted by molar-refractivity contribution is 0.102. The number of piperazine rings is 1. The fourth-order valence-electron chi connectivity index (χ4n) is 3.64. The molecule has 1 fully saturated rings. The maximum atomic E-state index is 12.7. The predicted molar refractivity (Wildman–Crippen MR) is 126 cm³/mol. The van der Waals surface area contributed by atoms with Gasteiger partial charge in [0.05, 0.1) is 0 Å². The lowest BCUT2D eigenvalue weighted by Gasteiger charge is -2.32. The van der Waals surface area contributed by atoms with Crippen molar-refractivity contribution in [3.05, 3.63) is 83.6 Å². The lowest BCUT2D eigenvalue weighted by Crippen LogP contribution is -2.43. The second-order valence-corrected chi connectivity index (χ2v) is 8.10. The zero-order valence-corrected chi connectivity index (χ0v) is 18.1. The summed E-state index contributed by atoms with van der Waals surface area (Å²) >= 11 is 0. The van der Waals surface area contributed by atoms with Gasteiger partial charge in [-0.3, -0.25) is 9.69 Å². The molecule has 0 saturated carbocycles. The molecule has 31 heavy (non-hydrogen) atoms. The van der Waals surface area contributed by atoms with Crippen LogP contribution in [0, 0.1) is 6.92 Å². The van der Waals surface area contributed by atoms with Crippen LogP contribution < -0.4 is 10.6 Å². The van der Waals surface area contributed by atoms with E-state index in [-0.39, 0.29) is 5.91 Å². The molecule has 0 atom stereocenters. The van der Waals surface area contributed by atoms with E-state index in [1.165, 1.54) is 5.56 Å². The molecule has 0 radical (unpaired) electrons. The molecule has 6 nitrogen and oxygen atoms in total. The predicted octanol–water partition coefficient (Wildman–Crippen LogP) is 4.13. The summed E-state index contributed by atoms with van der Waals surface area (Å²) in [7, 11) is 2.16. The number of benzene rings is 2. The molecule has 1 aliphatic rings. The van der Waals surface area contributed by atoms with Crippen LogP contribution >= 0.6 is 0 Å². The first-order valence-corrected chi connectivity index (χ1v) is 10.7. The number of anilines is 3. The first kappa shape index (κ1) is 21.0. The first-order valence-electron chi connectivity index (χ1n) is 10.7. The largest absolute Gasteiger partial charge is 0.340 e. The van der Waals surface area contributed by atoms with Crippen molar-refractivity contribution >= 4 is 23.1 Å². The van der Waals surface area contributed by atoms with Gasteiger partial charge >= 0.3 is 0 Å². The van der Waals surface area contributed by atoms with Gasteiger partial charge in [-0.15, -0.1) is 0 Å². The minimum absolute atomic E-state index is 0.112. The molecule has 6 heteroatoms. The Morgan fingerprint density at radius 2 is 1.77 bits per heavy atom. The van der Waals surface area contributed by atoms with Crippen LogP contribution in [-0.2, 0) is 6.54 Å². The summed E-state index contributed by atoms with van der Waals surface area (Å²) in [5.74, 6) is 0.656. The van der Waals surface area contributed by atoms with Crippen LogP contribution in [0.3, 0.4) is 0 Å². The summed E-state index contributed by atoms with van der Waals surface area (Å²) in [5, 5.41) is 6.31. The molecule has 2 N–H and O–H groups in total. The molecule has 0 bridgehead atoms. The summed E-state index contributed by atoms with van der Waals surface area (Å²) in [6, 6.07) is 19.5. The van der Waals surface area contributed by atoms with Gasteiger partial charge in [-0.1, -0.05) is 24.3 Å². The van der Waals surface area contributed by atoms with Crippen LogP contribution in [-0.4, -0.2) is 53.9 Å². The number of pyridine rings is 1. The quantitative estimate of drug-likeness (QED) is 0.634. The van der Waals surface area contributed by atoms with Crippen molar-refractivity contribution in [3.8, 4) is 0 Å². The van der Waals surface area contributed by atoms with Crippen LogP contribution in [0.2, 0.25) is 0 Å². The number of amides is 1. The highest BCUT2D eigenvalue weighted by molar-refractivity contribution is 6.04. The molecule has 1 aliphatic heterocycles. The van der Waals surface area contributed by atoms with Gasteiger partial charge in [-0.05, 0) is 61.5 Å². The third-order valence-corrected chi connectivity index (χ3v) is 5.64. The maximum absolute atomic E-state index is 12.7. The number of nitrogens with zero attached hydrogens (tertiary/aromatic N) is 3. The van der Waals surface area contributed by atoms with Crippen molar-refractivity contribution in [2.75, 3.05) is 43.9 Å². The van der Waals surface area contributed by atoms with Crippen molar-refractivity contribution in [1.29, 1.82) is 0 Å². The van der Waals surface area contributed by atoms with Crippen molar-refractivity contribution < 1.29 is 4.79 Å². The Morgan fingerprint density at radius 3 is 2.48 bits per heavy atom. The molecule has 1 amide bonds. The molecular weight excluding hydrogens is 386 g/mol.